The first kappa shape index (κ1) is 12.8. The van der Waals surface area contributed by atoms with Crippen molar-refractivity contribution >= 4 is 16.5 Å². The zero-order chi connectivity index (χ0) is 13.0. The van der Waals surface area contributed by atoms with Gasteiger partial charge in [0.25, 0.3) is 0 Å². The Labute approximate surface area is 106 Å². The van der Waals surface area contributed by atoms with Crippen LogP contribution in [0, 0.1) is 5.82 Å². The highest BCUT2D eigenvalue weighted by molar-refractivity contribution is 5.81. The summed E-state index contributed by atoms with van der Waals surface area (Å²) < 4.78 is 18.8. The highest BCUT2D eigenvalue weighted by atomic mass is 19.1. The average Bonchev–Trinajstić information content (AvgIpc) is 2.77. The highest BCUT2D eigenvalue weighted by Crippen LogP contribution is 2.25. The first-order valence-corrected chi connectivity index (χ1v) is 6.27. The second kappa shape index (κ2) is 5.83. The molecular weight excluding hydrogens is 229 g/mol. The van der Waals surface area contributed by atoms with Gasteiger partial charge in [0.15, 0.2) is 0 Å². The molecule has 0 aliphatic heterocycles. The molecule has 0 atom stereocenters. The van der Waals surface area contributed by atoms with Gasteiger partial charge in [-0.3, -0.25) is 0 Å². The molecule has 3 heteroatoms. The van der Waals surface area contributed by atoms with Crippen LogP contribution in [-0.4, -0.2) is 13.1 Å². The van der Waals surface area contributed by atoms with Crippen molar-refractivity contribution in [2.45, 2.75) is 20.3 Å². The minimum Gasteiger partial charge on any atom is -0.456 e. The summed E-state index contributed by atoms with van der Waals surface area (Å²) in [6.45, 7) is 6.05. The number of fused-ring (bicyclic) bond motifs is 1. The van der Waals surface area contributed by atoms with Gasteiger partial charge in [0.1, 0.15) is 17.2 Å². The highest BCUT2D eigenvalue weighted by Gasteiger charge is 2.05. The Morgan fingerprint density at radius 1 is 1.39 bits per heavy atom. The average molecular weight is 247 g/mol. The van der Waals surface area contributed by atoms with Crippen molar-refractivity contribution in [2.75, 3.05) is 13.1 Å². The summed E-state index contributed by atoms with van der Waals surface area (Å²) in [5, 5.41) is 4.07. The van der Waals surface area contributed by atoms with Gasteiger partial charge in [0, 0.05) is 5.39 Å². The number of hydrogen-bond acceptors (Lipinski definition) is 2. The molecule has 2 rings (SSSR count). The molecule has 0 saturated carbocycles. The second-order valence-electron chi connectivity index (χ2n) is 4.32. The van der Waals surface area contributed by atoms with Crippen molar-refractivity contribution < 1.29 is 8.81 Å². The fourth-order valence-corrected chi connectivity index (χ4v) is 1.88. The van der Waals surface area contributed by atoms with Crippen LogP contribution in [0.2, 0.25) is 0 Å². The van der Waals surface area contributed by atoms with Crippen LogP contribution in [0.1, 0.15) is 26.0 Å². The molecular formula is C15H18FNO. The lowest BCUT2D eigenvalue weighted by Crippen LogP contribution is -2.12. The van der Waals surface area contributed by atoms with E-state index in [0.29, 0.717) is 0 Å². The van der Waals surface area contributed by atoms with E-state index in [1.54, 1.807) is 6.07 Å². The molecule has 1 aromatic heterocycles. The number of benzene rings is 1. The molecule has 2 aromatic rings. The zero-order valence-corrected chi connectivity index (χ0v) is 10.8. The van der Waals surface area contributed by atoms with Crippen molar-refractivity contribution in [3.8, 4) is 0 Å². The number of allylic oxidation sites excluding steroid dienone is 1. The SMILES string of the molecule is CCNCC/C=C(/C)c1cc2cc(F)ccc2o1. The van der Waals surface area contributed by atoms with Crippen LogP contribution in [0.4, 0.5) is 4.39 Å². The van der Waals surface area contributed by atoms with Gasteiger partial charge in [-0.05, 0) is 56.3 Å². The number of hydrogen-bond donors (Lipinski definition) is 1. The predicted molar refractivity (Wildman–Crippen MR) is 73.0 cm³/mol. The Hall–Kier alpha value is -1.61. The quantitative estimate of drug-likeness (QED) is 0.809. The molecule has 0 bridgehead atoms. The van der Waals surface area contributed by atoms with Crippen molar-refractivity contribution in [1.82, 2.24) is 5.32 Å². The molecule has 1 heterocycles. The van der Waals surface area contributed by atoms with Gasteiger partial charge in [0.05, 0.1) is 0 Å². The van der Waals surface area contributed by atoms with Crippen LogP contribution in [-0.2, 0) is 0 Å². The summed E-state index contributed by atoms with van der Waals surface area (Å²) in [6, 6.07) is 6.46. The molecule has 96 valence electrons. The third-order valence-corrected chi connectivity index (χ3v) is 2.89. The second-order valence-corrected chi connectivity index (χ2v) is 4.32. The smallest absolute Gasteiger partial charge is 0.135 e. The van der Waals surface area contributed by atoms with Gasteiger partial charge in [-0.2, -0.15) is 0 Å². The molecule has 0 amide bonds. The Morgan fingerprint density at radius 3 is 3.00 bits per heavy atom. The van der Waals surface area contributed by atoms with Gasteiger partial charge in [-0.1, -0.05) is 13.0 Å². The normalized spacial score (nSPS) is 12.3. The summed E-state index contributed by atoms with van der Waals surface area (Å²) in [5.41, 5.74) is 1.82. The molecule has 0 spiro atoms. The molecule has 0 aliphatic carbocycles. The maximum absolute atomic E-state index is 13.1. The minimum atomic E-state index is -0.233. The molecule has 0 unspecified atom stereocenters. The van der Waals surface area contributed by atoms with E-state index >= 15 is 0 Å². The topological polar surface area (TPSA) is 25.2 Å². The summed E-state index contributed by atoms with van der Waals surface area (Å²) in [7, 11) is 0. The van der Waals surface area contributed by atoms with E-state index < -0.39 is 0 Å². The molecule has 0 fully saturated rings. The van der Waals surface area contributed by atoms with Crippen LogP contribution >= 0.6 is 0 Å². The Balaban J connectivity index is 2.15. The maximum Gasteiger partial charge on any atom is 0.135 e. The van der Waals surface area contributed by atoms with Crippen LogP contribution in [0.15, 0.2) is 34.8 Å². The molecule has 2 nitrogen and oxygen atoms in total. The lowest BCUT2D eigenvalue weighted by molar-refractivity contribution is 0.595. The predicted octanol–water partition coefficient (Wildman–Crippen LogP) is 3.97. The number of furan rings is 1. The van der Waals surface area contributed by atoms with Crippen LogP contribution in [0.25, 0.3) is 16.5 Å². The fraction of sp³-hybridized carbons (Fsp3) is 0.333. The fourth-order valence-electron chi connectivity index (χ4n) is 1.88. The molecule has 0 saturated heterocycles. The van der Waals surface area contributed by atoms with E-state index in [1.807, 2.05) is 13.0 Å². The van der Waals surface area contributed by atoms with Crippen LogP contribution in [0.3, 0.4) is 0 Å². The van der Waals surface area contributed by atoms with E-state index in [-0.39, 0.29) is 5.82 Å². The maximum atomic E-state index is 13.1. The first-order chi connectivity index (χ1) is 8.70. The van der Waals surface area contributed by atoms with Gasteiger partial charge in [-0.15, -0.1) is 0 Å². The third-order valence-electron chi connectivity index (χ3n) is 2.89. The summed E-state index contributed by atoms with van der Waals surface area (Å²) in [6.07, 6.45) is 3.10. The standard InChI is InChI=1S/C15H18FNO/c1-3-17-8-4-5-11(2)15-10-12-9-13(16)6-7-14(12)18-15/h5-7,9-10,17H,3-4,8H2,1-2H3/b11-5-. The molecule has 18 heavy (non-hydrogen) atoms. The molecule has 1 N–H and O–H groups in total. The van der Waals surface area contributed by atoms with Gasteiger partial charge < -0.3 is 9.73 Å². The Bertz CT molecular complexity index is 557. The van der Waals surface area contributed by atoms with Crippen LogP contribution in [0.5, 0.6) is 0 Å². The monoisotopic (exact) mass is 247 g/mol. The minimum absolute atomic E-state index is 0.233. The van der Waals surface area contributed by atoms with Gasteiger partial charge in [-0.25, -0.2) is 4.39 Å². The lowest BCUT2D eigenvalue weighted by atomic mass is 10.1. The number of nitrogens with one attached hydrogen (secondary N) is 1. The molecule has 0 radical (unpaired) electrons. The van der Waals surface area contributed by atoms with Crippen molar-refractivity contribution in [3.63, 3.8) is 0 Å². The summed E-state index contributed by atoms with van der Waals surface area (Å²) in [5.74, 6) is 0.579. The summed E-state index contributed by atoms with van der Waals surface area (Å²) in [4.78, 5) is 0. The van der Waals surface area contributed by atoms with E-state index in [4.69, 9.17) is 4.42 Å². The van der Waals surface area contributed by atoms with Crippen molar-refractivity contribution in [3.05, 3.63) is 41.9 Å². The molecule has 0 aliphatic rings. The van der Waals surface area contributed by atoms with E-state index in [9.17, 15) is 4.39 Å². The lowest BCUT2D eigenvalue weighted by Gasteiger charge is -1.98. The van der Waals surface area contributed by atoms with Gasteiger partial charge in [0.2, 0.25) is 0 Å². The Morgan fingerprint density at radius 2 is 2.22 bits per heavy atom. The number of halogens is 1. The van der Waals surface area contributed by atoms with E-state index in [2.05, 4.69) is 18.3 Å². The van der Waals surface area contributed by atoms with Crippen LogP contribution < -0.4 is 5.32 Å². The van der Waals surface area contributed by atoms with Crippen molar-refractivity contribution in [2.24, 2.45) is 0 Å². The Kier molecular flexibility index (Phi) is 4.15. The zero-order valence-electron chi connectivity index (χ0n) is 10.8. The van der Waals surface area contributed by atoms with Crippen molar-refractivity contribution in [1.29, 1.82) is 0 Å². The largest absolute Gasteiger partial charge is 0.456 e. The van der Waals surface area contributed by atoms with Gasteiger partial charge >= 0.3 is 0 Å². The van der Waals surface area contributed by atoms with E-state index in [1.165, 1.54) is 12.1 Å². The summed E-state index contributed by atoms with van der Waals surface area (Å²) >= 11 is 0. The molecule has 1 aromatic carbocycles. The number of rotatable bonds is 5. The van der Waals surface area contributed by atoms with E-state index in [0.717, 1.165) is 41.8 Å². The third kappa shape index (κ3) is 2.99. The first-order valence-electron chi connectivity index (χ1n) is 6.27.